The van der Waals surface area contributed by atoms with Gasteiger partial charge in [-0.1, -0.05) is 34.6 Å². The van der Waals surface area contributed by atoms with E-state index in [-0.39, 0.29) is 16.7 Å². The Hall–Kier alpha value is -0.570. The molecule has 0 atom stereocenters. The van der Waals surface area contributed by atoms with Gasteiger partial charge in [0.25, 0.3) is 0 Å². The van der Waals surface area contributed by atoms with Gasteiger partial charge in [0.1, 0.15) is 0 Å². The maximum atomic E-state index is 12.0. The van der Waals surface area contributed by atoms with E-state index in [1.54, 1.807) is 7.11 Å². The summed E-state index contributed by atoms with van der Waals surface area (Å²) in [6.45, 7) is 12.1. The summed E-state index contributed by atoms with van der Waals surface area (Å²) in [5, 5.41) is 0. The molecule has 0 radical (unpaired) electrons. The Kier molecular flexibility index (Phi) is 6.17. The van der Waals surface area contributed by atoms with Crippen molar-refractivity contribution in [2.24, 2.45) is 10.8 Å². The lowest BCUT2D eigenvalue weighted by molar-refractivity contribution is -0.133. The summed E-state index contributed by atoms with van der Waals surface area (Å²) in [7, 11) is 3.56. The molecule has 0 saturated heterocycles. The Bertz CT molecular complexity index is 241. The SMILES string of the molecule is COCC(C)(C)CC(=O)N(C)CCC(C)(C)C. The number of ether oxygens (including phenoxy) is 1. The first-order valence-electron chi connectivity index (χ1n) is 6.30. The second-order valence-corrected chi connectivity index (χ2v) is 6.90. The number of hydrogen-bond acceptors (Lipinski definition) is 2. The van der Waals surface area contributed by atoms with E-state index in [2.05, 4.69) is 34.6 Å². The first-order valence-corrected chi connectivity index (χ1v) is 6.30. The Labute approximate surface area is 107 Å². The standard InChI is InChI=1S/C14H29NO2/c1-13(2,3)8-9-15(6)12(16)10-14(4,5)11-17-7/h8-11H2,1-7H3. The van der Waals surface area contributed by atoms with Gasteiger partial charge in [-0.3, -0.25) is 4.79 Å². The van der Waals surface area contributed by atoms with E-state index in [0.29, 0.717) is 13.0 Å². The fraction of sp³-hybridized carbons (Fsp3) is 0.929. The summed E-state index contributed by atoms with van der Waals surface area (Å²) in [6.07, 6.45) is 1.57. The third-order valence-electron chi connectivity index (χ3n) is 2.79. The third kappa shape index (κ3) is 8.19. The van der Waals surface area contributed by atoms with Gasteiger partial charge in [-0.2, -0.15) is 0 Å². The number of amides is 1. The number of carbonyl (C=O) groups excluding carboxylic acids is 1. The molecule has 0 aromatic heterocycles. The Balaban J connectivity index is 4.14. The predicted octanol–water partition coefficient (Wildman–Crippen LogP) is 2.94. The minimum Gasteiger partial charge on any atom is -0.384 e. The summed E-state index contributed by atoms with van der Waals surface area (Å²) < 4.78 is 5.13. The number of carbonyl (C=O) groups is 1. The van der Waals surface area contributed by atoms with Crippen molar-refractivity contribution in [3.05, 3.63) is 0 Å². The van der Waals surface area contributed by atoms with Crippen LogP contribution in [0.1, 0.15) is 47.5 Å². The molecule has 1 amide bonds. The highest BCUT2D eigenvalue weighted by Gasteiger charge is 2.24. The highest BCUT2D eigenvalue weighted by Crippen LogP contribution is 2.23. The molecule has 0 bridgehead atoms. The van der Waals surface area contributed by atoms with Gasteiger partial charge in [-0.15, -0.1) is 0 Å². The zero-order valence-electron chi connectivity index (χ0n) is 12.6. The molecule has 0 aromatic rings. The lowest BCUT2D eigenvalue weighted by Crippen LogP contribution is -2.34. The number of methoxy groups -OCH3 is 1. The second kappa shape index (κ2) is 6.39. The monoisotopic (exact) mass is 243 g/mol. The minimum atomic E-state index is -0.0815. The molecule has 0 unspecified atom stereocenters. The van der Waals surface area contributed by atoms with Crippen LogP contribution in [-0.4, -0.2) is 38.1 Å². The normalized spacial score (nSPS) is 12.6. The van der Waals surface area contributed by atoms with E-state index >= 15 is 0 Å². The molecule has 0 heterocycles. The largest absolute Gasteiger partial charge is 0.384 e. The van der Waals surface area contributed by atoms with E-state index in [0.717, 1.165) is 13.0 Å². The summed E-state index contributed by atoms with van der Waals surface area (Å²) in [5.74, 6) is 0.205. The molecule has 0 aliphatic rings. The summed E-state index contributed by atoms with van der Waals surface area (Å²) in [6, 6.07) is 0. The van der Waals surface area contributed by atoms with E-state index < -0.39 is 0 Å². The van der Waals surface area contributed by atoms with Crippen LogP contribution in [0, 0.1) is 10.8 Å². The molecule has 0 fully saturated rings. The lowest BCUT2D eigenvalue weighted by atomic mass is 9.89. The molecular formula is C14H29NO2. The zero-order chi connectivity index (χ0) is 13.7. The molecule has 17 heavy (non-hydrogen) atoms. The topological polar surface area (TPSA) is 29.5 Å². The van der Waals surface area contributed by atoms with Gasteiger partial charge >= 0.3 is 0 Å². The van der Waals surface area contributed by atoms with Crippen molar-refractivity contribution in [2.75, 3.05) is 27.3 Å². The van der Waals surface area contributed by atoms with Crippen LogP contribution in [0.5, 0.6) is 0 Å². The quantitative estimate of drug-likeness (QED) is 0.718. The van der Waals surface area contributed by atoms with Crippen molar-refractivity contribution in [2.45, 2.75) is 47.5 Å². The van der Waals surface area contributed by atoms with E-state index in [1.165, 1.54) is 0 Å². The van der Waals surface area contributed by atoms with Crippen LogP contribution in [0.25, 0.3) is 0 Å². The fourth-order valence-electron chi connectivity index (χ4n) is 1.61. The van der Waals surface area contributed by atoms with Crippen molar-refractivity contribution in [1.29, 1.82) is 0 Å². The van der Waals surface area contributed by atoms with Gasteiger partial charge in [0.2, 0.25) is 5.91 Å². The van der Waals surface area contributed by atoms with Crippen molar-refractivity contribution in [3.8, 4) is 0 Å². The molecule has 102 valence electrons. The summed E-state index contributed by atoms with van der Waals surface area (Å²) in [5.41, 5.74) is 0.193. The third-order valence-corrected chi connectivity index (χ3v) is 2.79. The van der Waals surface area contributed by atoms with Crippen molar-refractivity contribution in [3.63, 3.8) is 0 Å². The predicted molar refractivity (Wildman–Crippen MR) is 72.0 cm³/mol. The molecule has 3 nitrogen and oxygen atoms in total. The van der Waals surface area contributed by atoms with E-state index in [4.69, 9.17) is 4.74 Å². The van der Waals surface area contributed by atoms with Crippen LogP contribution < -0.4 is 0 Å². The Morgan fingerprint density at radius 1 is 1.18 bits per heavy atom. The molecule has 0 aliphatic heterocycles. The number of rotatable bonds is 6. The molecule has 0 N–H and O–H groups in total. The van der Waals surface area contributed by atoms with Crippen molar-refractivity contribution in [1.82, 2.24) is 4.90 Å². The van der Waals surface area contributed by atoms with Crippen LogP contribution in [0.15, 0.2) is 0 Å². The van der Waals surface area contributed by atoms with Crippen LogP contribution >= 0.6 is 0 Å². The highest BCUT2D eigenvalue weighted by atomic mass is 16.5. The number of hydrogen-bond donors (Lipinski definition) is 0. The van der Waals surface area contributed by atoms with Gasteiger partial charge in [0.15, 0.2) is 0 Å². The fourth-order valence-corrected chi connectivity index (χ4v) is 1.61. The number of nitrogens with zero attached hydrogens (tertiary/aromatic N) is 1. The summed E-state index contributed by atoms with van der Waals surface area (Å²) in [4.78, 5) is 13.9. The van der Waals surface area contributed by atoms with Gasteiger partial charge < -0.3 is 9.64 Å². The average molecular weight is 243 g/mol. The molecule has 0 saturated carbocycles. The maximum Gasteiger partial charge on any atom is 0.222 e. The van der Waals surface area contributed by atoms with Gasteiger partial charge in [-0.05, 0) is 17.3 Å². The van der Waals surface area contributed by atoms with Crippen LogP contribution in [0.4, 0.5) is 0 Å². The maximum absolute atomic E-state index is 12.0. The van der Waals surface area contributed by atoms with Gasteiger partial charge in [-0.25, -0.2) is 0 Å². The van der Waals surface area contributed by atoms with Crippen LogP contribution in [-0.2, 0) is 9.53 Å². The Morgan fingerprint density at radius 2 is 1.71 bits per heavy atom. The molecular weight excluding hydrogens is 214 g/mol. The molecule has 0 spiro atoms. The lowest BCUT2D eigenvalue weighted by Gasteiger charge is -2.28. The zero-order valence-corrected chi connectivity index (χ0v) is 12.6. The van der Waals surface area contributed by atoms with Gasteiger partial charge in [0.05, 0.1) is 6.61 Å². The van der Waals surface area contributed by atoms with Crippen LogP contribution in [0.2, 0.25) is 0 Å². The Morgan fingerprint density at radius 3 is 2.12 bits per heavy atom. The minimum absolute atomic E-state index is 0.0815. The molecule has 0 rings (SSSR count). The highest BCUT2D eigenvalue weighted by molar-refractivity contribution is 5.76. The smallest absolute Gasteiger partial charge is 0.222 e. The average Bonchev–Trinajstić information content (AvgIpc) is 2.11. The first-order chi connectivity index (χ1) is 7.57. The van der Waals surface area contributed by atoms with E-state index in [1.807, 2.05) is 11.9 Å². The summed E-state index contributed by atoms with van der Waals surface area (Å²) >= 11 is 0. The van der Waals surface area contributed by atoms with Crippen molar-refractivity contribution < 1.29 is 9.53 Å². The molecule has 3 heteroatoms. The van der Waals surface area contributed by atoms with Crippen LogP contribution in [0.3, 0.4) is 0 Å². The molecule has 0 aliphatic carbocycles. The van der Waals surface area contributed by atoms with Crippen molar-refractivity contribution >= 4 is 5.91 Å². The molecule has 0 aromatic carbocycles. The second-order valence-electron chi connectivity index (χ2n) is 6.90. The first kappa shape index (κ1) is 16.4. The van der Waals surface area contributed by atoms with E-state index in [9.17, 15) is 4.79 Å². The van der Waals surface area contributed by atoms with Gasteiger partial charge in [0, 0.05) is 27.1 Å².